The quantitative estimate of drug-likeness (QED) is 0.400. The highest BCUT2D eigenvalue weighted by Crippen LogP contribution is 2.27. The van der Waals surface area contributed by atoms with Gasteiger partial charge in [0, 0.05) is 10.7 Å². The Morgan fingerprint density at radius 2 is 1.69 bits per heavy atom. The van der Waals surface area contributed by atoms with E-state index in [1.54, 1.807) is 75.6 Å². The van der Waals surface area contributed by atoms with Crippen molar-refractivity contribution in [2.45, 2.75) is 19.4 Å². The van der Waals surface area contributed by atoms with E-state index < -0.39 is 5.60 Å². The Kier molecular flexibility index (Phi) is 5.95. The molecule has 0 aliphatic carbocycles. The molecule has 0 fully saturated rings. The summed E-state index contributed by atoms with van der Waals surface area (Å²) in [5.74, 6) is 0.813. The van der Waals surface area contributed by atoms with Crippen molar-refractivity contribution < 1.29 is 14.3 Å². The molecule has 0 atom stereocenters. The van der Waals surface area contributed by atoms with Gasteiger partial charge in [-0.1, -0.05) is 23.2 Å². The van der Waals surface area contributed by atoms with E-state index in [0.29, 0.717) is 44.0 Å². The number of aromatic nitrogens is 3. The van der Waals surface area contributed by atoms with Crippen LogP contribution in [0.3, 0.4) is 0 Å². The fraction of sp³-hybridized carbons (Fsp3) is 0.174. The van der Waals surface area contributed by atoms with Crippen molar-refractivity contribution in [1.82, 2.24) is 15.0 Å². The molecule has 1 amide bonds. The smallest absolute Gasteiger partial charge is 0.267 e. The number of benzene rings is 3. The topological polar surface area (TPSA) is 78.3 Å². The van der Waals surface area contributed by atoms with Crippen molar-refractivity contribution in [1.29, 1.82) is 0 Å². The molecule has 0 saturated carbocycles. The maximum absolute atomic E-state index is 12.8. The Bertz CT molecular complexity index is 1290. The summed E-state index contributed by atoms with van der Waals surface area (Å²) >= 11 is 12.1. The molecule has 0 bridgehead atoms. The van der Waals surface area contributed by atoms with Gasteiger partial charge in [-0.25, -0.2) is 0 Å². The van der Waals surface area contributed by atoms with Gasteiger partial charge in [0.25, 0.3) is 5.91 Å². The van der Waals surface area contributed by atoms with E-state index in [9.17, 15) is 4.79 Å². The van der Waals surface area contributed by atoms with Crippen LogP contribution in [0.2, 0.25) is 10.0 Å². The number of hydrogen-bond donors (Lipinski definition) is 1. The molecule has 1 N–H and O–H groups in total. The zero-order valence-electron chi connectivity index (χ0n) is 17.6. The van der Waals surface area contributed by atoms with Gasteiger partial charge in [-0.2, -0.15) is 4.80 Å². The normalized spacial score (nSPS) is 11.4. The molecular formula is C23H20Cl2N4O3. The number of fused-ring (bicyclic) bond motifs is 1. The van der Waals surface area contributed by atoms with Crippen LogP contribution >= 0.6 is 23.2 Å². The maximum atomic E-state index is 12.8. The van der Waals surface area contributed by atoms with Gasteiger partial charge in [0.15, 0.2) is 5.60 Å². The summed E-state index contributed by atoms with van der Waals surface area (Å²) in [6.45, 7) is 3.39. The summed E-state index contributed by atoms with van der Waals surface area (Å²) in [7, 11) is 1.55. The molecule has 1 aromatic heterocycles. The molecule has 0 radical (unpaired) electrons. The molecule has 1 heterocycles. The highest BCUT2D eigenvalue weighted by Gasteiger charge is 2.30. The largest absolute Gasteiger partial charge is 0.495 e. The van der Waals surface area contributed by atoms with Gasteiger partial charge in [-0.3, -0.25) is 4.79 Å². The van der Waals surface area contributed by atoms with Crippen LogP contribution in [-0.2, 0) is 4.79 Å². The third-order valence-corrected chi connectivity index (χ3v) is 5.29. The molecule has 0 aliphatic heterocycles. The number of ether oxygens (including phenoxy) is 2. The van der Waals surface area contributed by atoms with Crippen molar-refractivity contribution in [2.24, 2.45) is 0 Å². The number of halogens is 2. The van der Waals surface area contributed by atoms with Gasteiger partial charge in [-0.05, 0) is 74.5 Å². The number of rotatable bonds is 6. The fourth-order valence-electron chi connectivity index (χ4n) is 3.01. The third kappa shape index (κ3) is 4.64. The fourth-order valence-corrected chi connectivity index (χ4v) is 3.39. The molecule has 7 nitrogen and oxygen atoms in total. The molecule has 4 rings (SSSR count). The van der Waals surface area contributed by atoms with Crippen molar-refractivity contribution >= 4 is 45.8 Å². The van der Waals surface area contributed by atoms with E-state index in [2.05, 4.69) is 15.5 Å². The van der Waals surface area contributed by atoms with Crippen LogP contribution in [0, 0.1) is 0 Å². The van der Waals surface area contributed by atoms with Crippen molar-refractivity contribution in [2.75, 3.05) is 12.4 Å². The highest BCUT2D eigenvalue weighted by molar-refractivity contribution is 6.32. The average molecular weight is 471 g/mol. The van der Waals surface area contributed by atoms with Crippen LogP contribution in [0.25, 0.3) is 16.7 Å². The van der Waals surface area contributed by atoms with Crippen molar-refractivity contribution in [3.05, 3.63) is 70.7 Å². The van der Waals surface area contributed by atoms with Gasteiger partial charge in [0.1, 0.15) is 22.5 Å². The van der Waals surface area contributed by atoms with Crippen LogP contribution in [0.1, 0.15) is 13.8 Å². The van der Waals surface area contributed by atoms with Crippen LogP contribution in [0.15, 0.2) is 60.7 Å². The molecule has 3 aromatic carbocycles. The average Bonchev–Trinajstić information content (AvgIpc) is 3.18. The molecule has 0 unspecified atom stereocenters. The Morgan fingerprint density at radius 1 is 0.969 bits per heavy atom. The number of anilines is 1. The number of carbonyl (C=O) groups excluding carboxylic acids is 1. The summed E-state index contributed by atoms with van der Waals surface area (Å²) in [4.78, 5) is 14.3. The first-order chi connectivity index (χ1) is 15.2. The van der Waals surface area contributed by atoms with E-state index >= 15 is 0 Å². The number of methoxy groups -OCH3 is 1. The summed E-state index contributed by atoms with van der Waals surface area (Å²) < 4.78 is 11.0. The second-order valence-electron chi connectivity index (χ2n) is 7.53. The minimum absolute atomic E-state index is 0.305. The van der Waals surface area contributed by atoms with Gasteiger partial charge in [0.05, 0.1) is 17.8 Å². The van der Waals surface area contributed by atoms with Crippen LogP contribution in [0.5, 0.6) is 11.5 Å². The Hall–Kier alpha value is -3.29. The predicted octanol–water partition coefficient (Wildman–Crippen LogP) is 5.53. The van der Waals surface area contributed by atoms with Gasteiger partial charge in [0.2, 0.25) is 0 Å². The monoisotopic (exact) mass is 470 g/mol. The number of nitrogens with one attached hydrogen (secondary N) is 1. The molecule has 32 heavy (non-hydrogen) atoms. The standard InChI is InChI=1S/C23H20Cl2N4O3/c1-23(2,32-17-8-4-14(24)5-9-17)22(30)26-15-6-10-19-20(12-15)28-29(27-19)16-7-11-21(31-3)18(25)13-16/h4-13H,1-3H3,(H,26,30). The second-order valence-corrected chi connectivity index (χ2v) is 8.38. The first kappa shape index (κ1) is 21.9. The van der Waals surface area contributed by atoms with Crippen molar-refractivity contribution in [3.63, 3.8) is 0 Å². The molecular weight excluding hydrogens is 451 g/mol. The zero-order valence-corrected chi connectivity index (χ0v) is 19.1. The second kappa shape index (κ2) is 8.68. The molecule has 0 saturated heterocycles. The maximum Gasteiger partial charge on any atom is 0.267 e. The Morgan fingerprint density at radius 3 is 2.38 bits per heavy atom. The number of amides is 1. The minimum Gasteiger partial charge on any atom is -0.495 e. The minimum atomic E-state index is -1.11. The summed E-state index contributed by atoms with van der Waals surface area (Å²) in [5, 5.41) is 12.9. The molecule has 9 heteroatoms. The Labute approximate surface area is 194 Å². The number of carbonyl (C=O) groups is 1. The lowest BCUT2D eigenvalue weighted by Crippen LogP contribution is -2.42. The summed E-state index contributed by atoms with van der Waals surface area (Å²) in [6, 6.07) is 17.4. The lowest BCUT2D eigenvalue weighted by molar-refractivity contribution is -0.128. The van der Waals surface area contributed by atoms with Crippen LogP contribution < -0.4 is 14.8 Å². The van der Waals surface area contributed by atoms with Gasteiger partial charge < -0.3 is 14.8 Å². The molecule has 164 valence electrons. The first-order valence-electron chi connectivity index (χ1n) is 9.72. The SMILES string of the molecule is COc1ccc(-n2nc3ccc(NC(=O)C(C)(C)Oc4ccc(Cl)cc4)cc3n2)cc1Cl. The van der Waals surface area contributed by atoms with Crippen molar-refractivity contribution in [3.8, 4) is 17.2 Å². The predicted molar refractivity (Wildman–Crippen MR) is 125 cm³/mol. The lowest BCUT2D eigenvalue weighted by atomic mass is 10.1. The third-order valence-electron chi connectivity index (χ3n) is 4.74. The van der Waals surface area contributed by atoms with E-state index in [1.807, 2.05) is 6.07 Å². The molecule has 0 spiro atoms. The number of hydrogen-bond acceptors (Lipinski definition) is 5. The van der Waals surface area contributed by atoms with Crippen LogP contribution in [-0.4, -0.2) is 33.6 Å². The van der Waals surface area contributed by atoms with E-state index in [0.717, 1.165) is 0 Å². The summed E-state index contributed by atoms with van der Waals surface area (Å²) in [6.07, 6.45) is 0. The van der Waals surface area contributed by atoms with Gasteiger partial charge >= 0.3 is 0 Å². The van der Waals surface area contributed by atoms with E-state index in [4.69, 9.17) is 32.7 Å². The highest BCUT2D eigenvalue weighted by atomic mass is 35.5. The Balaban J connectivity index is 1.53. The lowest BCUT2D eigenvalue weighted by Gasteiger charge is -2.25. The first-order valence-corrected chi connectivity index (χ1v) is 10.5. The summed E-state index contributed by atoms with van der Waals surface area (Å²) in [5.41, 5.74) is 1.45. The zero-order chi connectivity index (χ0) is 22.9. The van der Waals surface area contributed by atoms with E-state index in [-0.39, 0.29) is 5.91 Å². The van der Waals surface area contributed by atoms with Crippen LogP contribution in [0.4, 0.5) is 5.69 Å². The van der Waals surface area contributed by atoms with Gasteiger partial charge in [-0.15, -0.1) is 10.2 Å². The number of nitrogens with zero attached hydrogens (tertiary/aromatic N) is 3. The molecule has 4 aromatic rings. The van der Waals surface area contributed by atoms with E-state index in [1.165, 1.54) is 4.80 Å². The molecule has 0 aliphatic rings.